The molecule has 11 heteroatoms. The third-order valence-corrected chi connectivity index (χ3v) is 4.61. The Hall–Kier alpha value is -4.80. The molecule has 0 unspecified atom stereocenters. The van der Waals surface area contributed by atoms with E-state index in [0.717, 1.165) is 12.1 Å². The maximum absolute atomic E-state index is 12.6. The third-order valence-electron chi connectivity index (χ3n) is 4.61. The molecule has 0 aromatic heterocycles. The van der Waals surface area contributed by atoms with Crippen LogP contribution in [-0.4, -0.2) is 29.1 Å². The first-order valence-corrected chi connectivity index (χ1v) is 9.14. The highest BCUT2D eigenvalue weighted by molar-refractivity contribution is 6.08. The van der Waals surface area contributed by atoms with Gasteiger partial charge in [0.25, 0.3) is 11.6 Å². The minimum absolute atomic E-state index is 0.0384. The average molecular weight is 434 g/mol. The molecule has 0 atom stereocenters. The van der Waals surface area contributed by atoms with Crippen LogP contribution in [0.5, 0.6) is 17.2 Å². The van der Waals surface area contributed by atoms with Crippen molar-refractivity contribution < 1.29 is 24.1 Å². The molecule has 32 heavy (non-hydrogen) atoms. The van der Waals surface area contributed by atoms with E-state index in [1.165, 1.54) is 19.4 Å². The van der Waals surface area contributed by atoms with Crippen LogP contribution in [0.2, 0.25) is 0 Å². The van der Waals surface area contributed by atoms with E-state index in [-0.39, 0.29) is 16.9 Å². The first-order valence-electron chi connectivity index (χ1n) is 9.14. The van der Waals surface area contributed by atoms with Gasteiger partial charge in [-0.2, -0.15) is 0 Å². The van der Waals surface area contributed by atoms with E-state index in [1.54, 1.807) is 36.4 Å². The molecular formula is C21H14N4O7. The van der Waals surface area contributed by atoms with Gasteiger partial charge in [0.2, 0.25) is 5.75 Å². The molecule has 0 spiro atoms. The van der Waals surface area contributed by atoms with Crippen molar-refractivity contribution in [2.75, 3.05) is 12.4 Å². The van der Waals surface area contributed by atoms with Crippen molar-refractivity contribution in [3.8, 4) is 17.2 Å². The van der Waals surface area contributed by atoms with Crippen molar-refractivity contribution in [2.45, 2.75) is 0 Å². The number of nitro groups is 2. The summed E-state index contributed by atoms with van der Waals surface area (Å²) in [7, 11) is 1.22. The molecule has 0 aliphatic carbocycles. The van der Waals surface area contributed by atoms with Gasteiger partial charge in [-0.15, -0.1) is 0 Å². The molecule has 3 aromatic carbocycles. The van der Waals surface area contributed by atoms with Crippen molar-refractivity contribution >= 4 is 34.9 Å². The number of nitrogens with one attached hydrogen (secondary N) is 1. The summed E-state index contributed by atoms with van der Waals surface area (Å²) in [6, 6.07) is 13.5. The van der Waals surface area contributed by atoms with Gasteiger partial charge in [-0.3, -0.25) is 30.0 Å². The second kappa shape index (κ2) is 8.14. The third kappa shape index (κ3) is 3.81. The number of rotatable bonds is 5. The van der Waals surface area contributed by atoms with Crippen LogP contribution in [0, 0.1) is 20.2 Å². The molecule has 1 heterocycles. The number of nitrogens with zero attached hydrogens (tertiary/aromatic N) is 3. The Kier molecular flexibility index (Phi) is 5.21. The van der Waals surface area contributed by atoms with E-state index in [1.807, 2.05) is 0 Å². The summed E-state index contributed by atoms with van der Waals surface area (Å²) in [6.07, 6.45) is 1.20. The van der Waals surface area contributed by atoms with Crippen molar-refractivity contribution in [1.29, 1.82) is 0 Å². The van der Waals surface area contributed by atoms with E-state index in [2.05, 4.69) is 10.3 Å². The van der Waals surface area contributed by atoms with E-state index < -0.39 is 27.1 Å². The van der Waals surface area contributed by atoms with Gasteiger partial charge in [-0.25, -0.2) is 0 Å². The number of hydrogen-bond donors (Lipinski definition) is 1. The largest absolute Gasteiger partial charge is 0.490 e. The highest BCUT2D eigenvalue weighted by Gasteiger charge is 2.25. The van der Waals surface area contributed by atoms with Gasteiger partial charge in [0.1, 0.15) is 5.75 Å². The summed E-state index contributed by atoms with van der Waals surface area (Å²) in [5, 5.41) is 25.2. The van der Waals surface area contributed by atoms with Gasteiger partial charge >= 0.3 is 5.69 Å². The number of fused-ring (bicyclic) bond motifs is 2. The zero-order valence-corrected chi connectivity index (χ0v) is 16.5. The molecule has 160 valence electrons. The standard InChI is InChI=1S/C21H14N4O7/c1-31-20-12(8-14(24(27)28)10-17(20)25(29)30)11-22-13-6-7-18-15(9-13)21(26)23-16-4-2-3-5-19(16)32-18/h2-11H,1H3,(H,23,26). The van der Waals surface area contributed by atoms with Gasteiger partial charge in [0.05, 0.1) is 40.0 Å². The highest BCUT2D eigenvalue weighted by Crippen LogP contribution is 2.37. The van der Waals surface area contributed by atoms with Crippen molar-refractivity contribution in [3.05, 3.63) is 86.0 Å². The maximum atomic E-state index is 12.6. The molecule has 0 bridgehead atoms. The van der Waals surface area contributed by atoms with Crippen LogP contribution in [0.4, 0.5) is 22.7 Å². The average Bonchev–Trinajstić information content (AvgIpc) is 2.92. The van der Waals surface area contributed by atoms with E-state index in [9.17, 15) is 25.0 Å². The fourth-order valence-corrected chi connectivity index (χ4v) is 3.16. The lowest BCUT2D eigenvalue weighted by atomic mass is 10.1. The number of para-hydroxylation sites is 2. The molecule has 0 saturated heterocycles. The lowest BCUT2D eigenvalue weighted by Gasteiger charge is -2.07. The summed E-state index contributed by atoms with van der Waals surface area (Å²) in [5.74, 6) is 0.251. The summed E-state index contributed by atoms with van der Waals surface area (Å²) < 4.78 is 10.9. The van der Waals surface area contributed by atoms with E-state index >= 15 is 0 Å². The summed E-state index contributed by atoms with van der Waals surface area (Å²) >= 11 is 0. The maximum Gasteiger partial charge on any atom is 0.318 e. The smallest absolute Gasteiger partial charge is 0.318 e. The Labute approximate surface area is 180 Å². The molecule has 4 rings (SSSR count). The Morgan fingerprint density at radius 3 is 2.53 bits per heavy atom. The predicted molar refractivity (Wildman–Crippen MR) is 114 cm³/mol. The number of non-ortho nitro benzene ring substituents is 1. The first kappa shape index (κ1) is 20.5. The predicted octanol–water partition coefficient (Wildman–Crippen LogP) is 4.62. The molecule has 0 saturated carbocycles. The Bertz CT molecular complexity index is 1300. The van der Waals surface area contributed by atoms with Crippen molar-refractivity contribution in [1.82, 2.24) is 0 Å². The topological polar surface area (TPSA) is 146 Å². The monoisotopic (exact) mass is 434 g/mol. The highest BCUT2D eigenvalue weighted by atomic mass is 16.6. The molecular weight excluding hydrogens is 420 g/mol. The number of amides is 1. The number of anilines is 1. The summed E-state index contributed by atoms with van der Waals surface area (Å²) in [5.41, 5.74) is 0.0726. The second-order valence-corrected chi connectivity index (χ2v) is 6.59. The van der Waals surface area contributed by atoms with Crippen LogP contribution in [0.15, 0.2) is 59.6 Å². The first-order chi connectivity index (χ1) is 15.4. The number of ether oxygens (including phenoxy) is 2. The van der Waals surface area contributed by atoms with Crippen LogP contribution in [-0.2, 0) is 0 Å². The summed E-state index contributed by atoms with van der Waals surface area (Å²) in [6.45, 7) is 0. The minimum atomic E-state index is -0.773. The van der Waals surface area contributed by atoms with Gasteiger partial charge in [-0.05, 0) is 30.3 Å². The zero-order chi connectivity index (χ0) is 22.8. The number of aliphatic imine (C=N–C) groups is 1. The quantitative estimate of drug-likeness (QED) is 0.350. The second-order valence-electron chi connectivity index (χ2n) is 6.59. The van der Waals surface area contributed by atoms with Gasteiger partial charge < -0.3 is 14.8 Å². The molecule has 11 nitrogen and oxygen atoms in total. The van der Waals surface area contributed by atoms with Crippen LogP contribution < -0.4 is 14.8 Å². The fraction of sp³-hybridized carbons (Fsp3) is 0.0476. The molecule has 0 fully saturated rings. The molecule has 0 radical (unpaired) electrons. The van der Waals surface area contributed by atoms with Crippen LogP contribution in [0.3, 0.4) is 0 Å². The number of nitro benzene ring substituents is 2. The minimum Gasteiger partial charge on any atom is -0.490 e. The number of carbonyl (C=O) groups excluding carboxylic acids is 1. The molecule has 1 aliphatic rings. The number of carbonyl (C=O) groups is 1. The lowest BCUT2D eigenvalue weighted by molar-refractivity contribution is -0.394. The molecule has 1 N–H and O–H groups in total. The molecule has 1 amide bonds. The Morgan fingerprint density at radius 2 is 1.81 bits per heavy atom. The van der Waals surface area contributed by atoms with E-state index in [4.69, 9.17) is 9.47 Å². The van der Waals surface area contributed by atoms with Gasteiger partial charge in [0, 0.05) is 17.8 Å². The van der Waals surface area contributed by atoms with Crippen LogP contribution >= 0.6 is 0 Å². The number of benzene rings is 3. The zero-order valence-electron chi connectivity index (χ0n) is 16.5. The van der Waals surface area contributed by atoms with Crippen LogP contribution in [0.1, 0.15) is 15.9 Å². The SMILES string of the molecule is COc1c(C=Nc2ccc3c(c2)C(=O)Nc2ccccc2O3)cc([N+](=O)[O-])cc1[N+](=O)[O-]. The fourth-order valence-electron chi connectivity index (χ4n) is 3.16. The van der Waals surface area contributed by atoms with Crippen LogP contribution in [0.25, 0.3) is 0 Å². The molecule has 3 aromatic rings. The number of methoxy groups -OCH3 is 1. The van der Waals surface area contributed by atoms with Crippen molar-refractivity contribution in [3.63, 3.8) is 0 Å². The number of hydrogen-bond acceptors (Lipinski definition) is 8. The van der Waals surface area contributed by atoms with Gasteiger partial charge in [-0.1, -0.05) is 12.1 Å². The Morgan fingerprint density at radius 1 is 1.03 bits per heavy atom. The van der Waals surface area contributed by atoms with Crippen molar-refractivity contribution in [2.24, 2.45) is 4.99 Å². The summed E-state index contributed by atoms with van der Waals surface area (Å²) in [4.78, 5) is 37.8. The normalized spacial score (nSPS) is 12.2. The van der Waals surface area contributed by atoms with E-state index in [0.29, 0.717) is 22.9 Å². The van der Waals surface area contributed by atoms with Gasteiger partial charge in [0.15, 0.2) is 5.75 Å². The lowest BCUT2D eigenvalue weighted by Crippen LogP contribution is -2.10. The molecule has 1 aliphatic heterocycles. The Balaban J connectivity index is 1.72.